The lowest BCUT2D eigenvalue weighted by atomic mass is 9.86. The summed E-state index contributed by atoms with van der Waals surface area (Å²) in [6.07, 6.45) is 2.29. The highest BCUT2D eigenvalue weighted by Gasteiger charge is 2.23. The standard InChI is InChI=1S/C13H20N2O/c1-15-7-5-10(6-8-15)13(14)11-3-2-4-12(16)9-11/h2-4,9-10,13,16H,5-8,14H2,1H3. The molecule has 1 heterocycles. The van der Waals surface area contributed by atoms with Crippen molar-refractivity contribution in [1.29, 1.82) is 0 Å². The summed E-state index contributed by atoms with van der Waals surface area (Å²) in [4.78, 5) is 2.34. The Morgan fingerprint density at radius 1 is 1.38 bits per heavy atom. The zero-order valence-corrected chi connectivity index (χ0v) is 9.76. The highest BCUT2D eigenvalue weighted by atomic mass is 16.3. The van der Waals surface area contributed by atoms with Gasteiger partial charge in [-0.2, -0.15) is 0 Å². The third kappa shape index (κ3) is 2.54. The first kappa shape index (κ1) is 11.4. The zero-order valence-electron chi connectivity index (χ0n) is 9.76. The Kier molecular flexibility index (Phi) is 3.46. The molecule has 1 fully saturated rings. The second-order valence-electron chi connectivity index (χ2n) is 4.76. The molecule has 3 nitrogen and oxygen atoms in total. The molecule has 0 amide bonds. The molecule has 1 unspecified atom stereocenters. The van der Waals surface area contributed by atoms with Gasteiger partial charge in [-0.3, -0.25) is 0 Å². The maximum absolute atomic E-state index is 9.44. The van der Waals surface area contributed by atoms with Gasteiger partial charge in [-0.05, 0) is 56.6 Å². The first-order valence-corrected chi connectivity index (χ1v) is 5.90. The molecule has 1 saturated heterocycles. The number of likely N-dealkylation sites (tertiary alicyclic amines) is 1. The van der Waals surface area contributed by atoms with Gasteiger partial charge in [0, 0.05) is 6.04 Å². The van der Waals surface area contributed by atoms with Crippen LogP contribution in [0.25, 0.3) is 0 Å². The number of rotatable bonds is 2. The van der Waals surface area contributed by atoms with Gasteiger partial charge in [0.05, 0.1) is 0 Å². The maximum Gasteiger partial charge on any atom is 0.115 e. The molecule has 3 N–H and O–H groups in total. The molecule has 88 valence electrons. The van der Waals surface area contributed by atoms with Crippen LogP contribution in [0, 0.1) is 5.92 Å². The van der Waals surface area contributed by atoms with Crippen LogP contribution in [-0.2, 0) is 0 Å². The molecular formula is C13H20N2O. The summed E-state index contributed by atoms with van der Waals surface area (Å²) in [6, 6.07) is 7.39. The van der Waals surface area contributed by atoms with Crippen LogP contribution in [-0.4, -0.2) is 30.1 Å². The molecule has 0 aliphatic carbocycles. The monoisotopic (exact) mass is 220 g/mol. The van der Waals surface area contributed by atoms with Crippen molar-refractivity contribution in [3.63, 3.8) is 0 Å². The molecule has 0 aromatic heterocycles. The molecule has 0 spiro atoms. The molecule has 1 aromatic rings. The minimum absolute atomic E-state index is 0.0563. The fourth-order valence-corrected chi connectivity index (χ4v) is 2.39. The lowest BCUT2D eigenvalue weighted by molar-refractivity contribution is 0.199. The van der Waals surface area contributed by atoms with E-state index in [1.165, 1.54) is 0 Å². The van der Waals surface area contributed by atoms with Gasteiger partial charge in [-0.1, -0.05) is 12.1 Å². The number of benzene rings is 1. The first-order valence-electron chi connectivity index (χ1n) is 5.90. The Hall–Kier alpha value is -1.06. The molecule has 2 rings (SSSR count). The van der Waals surface area contributed by atoms with Crippen LogP contribution in [0.4, 0.5) is 0 Å². The van der Waals surface area contributed by atoms with Gasteiger partial charge < -0.3 is 15.7 Å². The summed E-state index contributed by atoms with van der Waals surface area (Å²) in [6.45, 7) is 2.24. The molecule has 0 bridgehead atoms. The molecule has 1 atom stereocenters. The van der Waals surface area contributed by atoms with Crippen LogP contribution < -0.4 is 5.73 Å². The van der Waals surface area contributed by atoms with E-state index in [4.69, 9.17) is 5.73 Å². The van der Waals surface area contributed by atoms with Gasteiger partial charge in [0.2, 0.25) is 0 Å². The first-order chi connectivity index (χ1) is 7.66. The van der Waals surface area contributed by atoms with E-state index >= 15 is 0 Å². The average Bonchev–Trinajstić information content (AvgIpc) is 2.29. The van der Waals surface area contributed by atoms with E-state index in [0.29, 0.717) is 11.7 Å². The summed E-state index contributed by atoms with van der Waals surface area (Å²) < 4.78 is 0. The minimum atomic E-state index is 0.0563. The summed E-state index contributed by atoms with van der Waals surface area (Å²) >= 11 is 0. The fraction of sp³-hybridized carbons (Fsp3) is 0.538. The SMILES string of the molecule is CN1CCC(C(N)c2cccc(O)c2)CC1. The van der Waals surface area contributed by atoms with E-state index in [0.717, 1.165) is 31.5 Å². The minimum Gasteiger partial charge on any atom is -0.508 e. The Bertz CT molecular complexity index is 346. The second kappa shape index (κ2) is 4.85. The van der Waals surface area contributed by atoms with Crippen LogP contribution in [0.3, 0.4) is 0 Å². The Balaban J connectivity index is 2.04. The molecule has 1 aliphatic heterocycles. The molecule has 3 heteroatoms. The normalized spacial score (nSPS) is 20.9. The predicted octanol–water partition coefficient (Wildman–Crippen LogP) is 1.73. The van der Waals surface area contributed by atoms with E-state index in [-0.39, 0.29) is 6.04 Å². The van der Waals surface area contributed by atoms with E-state index in [1.807, 2.05) is 12.1 Å². The van der Waals surface area contributed by atoms with Crippen molar-refractivity contribution < 1.29 is 5.11 Å². The van der Waals surface area contributed by atoms with Crippen LogP contribution in [0.5, 0.6) is 5.75 Å². The van der Waals surface area contributed by atoms with E-state index < -0.39 is 0 Å². The van der Waals surface area contributed by atoms with Crippen molar-refractivity contribution in [3.05, 3.63) is 29.8 Å². The van der Waals surface area contributed by atoms with Gasteiger partial charge >= 0.3 is 0 Å². The molecule has 0 radical (unpaired) electrons. The third-order valence-electron chi connectivity index (χ3n) is 3.53. The summed E-state index contributed by atoms with van der Waals surface area (Å²) in [5.74, 6) is 0.846. The predicted molar refractivity (Wildman–Crippen MR) is 65.3 cm³/mol. The number of nitrogens with zero attached hydrogens (tertiary/aromatic N) is 1. The Morgan fingerprint density at radius 3 is 2.69 bits per heavy atom. The Labute approximate surface area is 96.9 Å². The van der Waals surface area contributed by atoms with E-state index in [9.17, 15) is 5.11 Å². The van der Waals surface area contributed by atoms with Crippen molar-refractivity contribution in [1.82, 2.24) is 4.90 Å². The third-order valence-corrected chi connectivity index (χ3v) is 3.53. The average molecular weight is 220 g/mol. The molecule has 1 aliphatic rings. The molecule has 16 heavy (non-hydrogen) atoms. The number of nitrogens with two attached hydrogens (primary N) is 1. The number of aromatic hydroxyl groups is 1. The van der Waals surface area contributed by atoms with E-state index in [1.54, 1.807) is 12.1 Å². The number of phenols is 1. The van der Waals surface area contributed by atoms with Crippen LogP contribution in [0.15, 0.2) is 24.3 Å². The highest BCUT2D eigenvalue weighted by Crippen LogP contribution is 2.29. The lowest BCUT2D eigenvalue weighted by Crippen LogP contribution is -2.35. The van der Waals surface area contributed by atoms with Crippen molar-refractivity contribution in [3.8, 4) is 5.75 Å². The summed E-state index contributed by atoms with van der Waals surface area (Å²) in [7, 11) is 2.15. The Morgan fingerprint density at radius 2 is 2.06 bits per heavy atom. The molecule has 1 aromatic carbocycles. The van der Waals surface area contributed by atoms with E-state index in [2.05, 4.69) is 11.9 Å². The topological polar surface area (TPSA) is 49.5 Å². The summed E-state index contributed by atoms with van der Waals surface area (Å²) in [5.41, 5.74) is 7.30. The van der Waals surface area contributed by atoms with Crippen molar-refractivity contribution in [2.24, 2.45) is 11.7 Å². The van der Waals surface area contributed by atoms with Gasteiger partial charge in [-0.15, -0.1) is 0 Å². The van der Waals surface area contributed by atoms with Crippen LogP contribution in [0.2, 0.25) is 0 Å². The number of phenolic OH excluding ortho intramolecular Hbond substituents is 1. The van der Waals surface area contributed by atoms with Gasteiger partial charge in [-0.25, -0.2) is 0 Å². The summed E-state index contributed by atoms with van der Waals surface area (Å²) in [5, 5.41) is 9.44. The van der Waals surface area contributed by atoms with Crippen LogP contribution >= 0.6 is 0 Å². The van der Waals surface area contributed by atoms with Crippen molar-refractivity contribution >= 4 is 0 Å². The maximum atomic E-state index is 9.44. The van der Waals surface area contributed by atoms with Crippen molar-refractivity contribution in [2.45, 2.75) is 18.9 Å². The van der Waals surface area contributed by atoms with Crippen LogP contribution in [0.1, 0.15) is 24.4 Å². The fourth-order valence-electron chi connectivity index (χ4n) is 2.39. The quantitative estimate of drug-likeness (QED) is 0.798. The second-order valence-corrected chi connectivity index (χ2v) is 4.76. The molecule has 0 saturated carbocycles. The number of piperidine rings is 1. The smallest absolute Gasteiger partial charge is 0.115 e. The molecular weight excluding hydrogens is 200 g/mol. The van der Waals surface area contributed by atoms with Crippen molar-refractivity contribution in [2.75, 3.05) is 20.1 Å². The highest BCUT2D eigenvalue weighted by molar-refractivity contribution is 5.29. The zero-order chi connectivity index (χ0) is 11.5. The lowest BCUT2D eigenvalue weighted by Gasteiger charge is -2.32. The van der Waals surface area contributed by atoms with Gasteiger partial charge in [0.15, 0.2) is 0 Å². The largest absolute Gasteiger partial charge is 0.508 e. The number of hydrogen-bond donors (Lipinski definition) is 2. The number of hydrogen-bond acceptors (Lipinski definition) is 3. The van der Waals surface area contributed by atoms with Gasteiger partial charge in [0.25, 0.3) is 0 Å². The van der Waals surface area contributed by atoms with Gasteiger partial charge in [0.1, 0.15) is 5.75 Å².